The summed E-state index contributed by atoms with van der Waals surface area (Å²) in [5.41, 5.74) is 2.92. The minimum atomic E-state index is -0.0470. The zero-order valence-electron chi connectivity index (χ0n) is 18.5. The molecule has 33 heavy (non-hydrogen) atoms. The van der Waals surface area contributed by atoms with E-state index in [9.17, 15) is 4.79 Å². The Labute approximate surface area is 203 Å². The summed E-state index contributed by atoms with van der Waals surface area (Å²) in [4.78, 5) is 15.1. The fraction of sp³-hybridized carbons (Fsp3) is 0.400. The van der Waals surface area contributed by atoms with Crippen molar-refractivity contribution >= 4 is 40.6 Å². The molecule has 0 radical (unpaired) electrons. The molecule has 1 amide bonds. The number of amides is 1. The van der Waals surface area contributed by atoms with Gasteiger partial charge in [-0.3, -0.25) is 9.36 Å². The molecule has 1 saturated heterocycles. The van der Waals surface area contributed by atoms with Crippen molar-refractivity contribution in [3.63, 3.8) is 0 Å². The van der Waals surface area contributed by atoms with Crippen molar-refractivity contribution in [2.45, 2.75) is 49.7 Å². The first kappa shape index (κ1) is 22.3. The highest BCUT2D eigenvalue weighted by molar-refractivity contribution is 7.99. The Balaban J connectivity index is 1.27. The average Bonchev–Trinajstić information content (AvgIpc) is 3.60. The van der Waals surface area contributed by atoms with Crippen LogP contribution in [-0.2, 0) is 4.79 Å². The van der Waals surface area contributed by atoms with Crippen LogP contribution >= 0.6 is 23.4 Å². The highest BCUT2D eigenvalue weighted by Gasteiger charge is 2.26. The lowest BCUT2D eigenvalue weighted by atomic mass is 10.2. The molecule has 1 aromatic heterocycles. The van der Waals surface area contributed by atoms with Gasteiger partial charge in [0.15, 0.2) is 11.0 Å². The van der Waals surface area contributed by atoms with Gasteiger partial charge in [0.05, 0.1) is 10.8 Å². The molecule has 172 valence electrons. The molecule has 2 heterocycles. The number of carbonyl (C=O) groups excluding carboxylic acids is 1. The zero-order chi connectivity index (χ0) is 22.6. The van der Waals surface area contributed by atoms with Crippen LogP contribution in [0.2, 0.25) is 5.02 Å². The summed E-state index contributed by atoms with van der Waals surface area (Å²) in [6, 6.07) is 16.2. The van der Waals surface area contributed by atoms with Crippen LogP contribution in [0.4, 0.5) is 11.4 Å². The number of aromatic nitrogens is 3. The van der Waals surface area contributed by atoms with Gasteiger partial charge in [0.2, 0.25) is 5.91 Å². The Morgan fingerprint density at radius 3 is 2.45 bits per heavy atom. The lowest BCUT2D eigenvalue weighted by Crippen LogP contribution is -2.18. The third-order valence-electron chi connectivity index (χ3n) is 6.42. The molecule has 2 aromatic carbocycles. The molecule has 8 heteroatoms. The minimum absolute atomic E-state index is 0.0470. The smallest absolute Gasteiger partial charge is 0.234 e. The molecule has 1 aliphatic heterocycles. The van der Waals surface area contributed by atoms with Gasteiger partial charge in [-0.2, -0.15) is 0 Å². The van der Waals surface area contributed by atoms with Gasteiger partial charge in [0.1, 0.15) is 0 Å². The predicted molar refractivity (Wildman–Crippen MR) is 135 cm³/mol. The Morgan fingerprint density at radius 1 is 1.00 bits per heavy atom. The van der Waals surface area contributed by atoms with Crippen LogP contribution in [-0.4, -0.2) is 39.5 Å². The van der Waals surface area contributed by atoms with Crippen molar-refractivity contribution in [1.82, 2.24) is 14.8 Å². The SMILES string of the molecule is O=C(CSc1nnc(-c2ccccc2Cl)n1C1CCCC1)Nc1ccc(N2CCCC2)cc1. The summed E-state index contributed by atoms with van der Waals surface area (Å²) in [7, 11) is 0. The Bertz CT molecular complexity index is 1100. The number of halogens is 1. The Hall–Kier alpha value is -2.51. The van der Waals surface area contributed by atoms with Crippen molar-refractivity contribution < 1.29 is 4.79 Å². The van der Waals surface area contributed by atoms with E-state index in [4.69, 9.17) is 11.6 Å². The Kier molecular flexibility index (Phi) is 6.88. The molecule has 3 aromatic rings. The van der Waals surface area contributed by atoms with Gasteiger partial charge in [0, 0.05) is 36.1 Å². The summed E-state index contributed by atoms with van der Waals surface area (Å²) in [5.74, 6) is 1.02. The van der Waals surface area contributed by atoms with E-state index >= 15 is 0 Å². The van der Waals surface area contributed by atoms with Gasteiger partial charge in [-0.15, -0.1) is 10.2 Å². The highest BCUT2D eigenvalue weighted by atomic mass is 35.5. The average molecular weight is 482 g/mol. The normalized spacial score (nSPS) is 16.5. The molecule has 0 atom stereocenters. The van der Waals surface area contributed by atoms with Crippen LogP contribution in [0.25, 0.3) is 11.4 Å². The summed E-state index contributed by atoms with van der Waals surface area (Å²) in [6.45, 7) is 2.22. The lowest BCUT2D eigenvalue weighted by Gasteiger charge is -2.18. The largest absolute Gasteiger partial charge is 0.372 e. The van der Waals surface area contributed by atoms with Crippen LogP contribution in [0.5, 0.6) is 0 Å². The number of anilines is 2. The number of hydrogen-bond donors (Lipinski definition) is 1. The third-order valence-corrected chi connectivity index (χ3v) is 7.70. The van der Waals surface area contributed by atoms with E-state index < -0.39 is 0 Å². The van der Waals surface area contributed by atoms with Crippen molar-refractivity contribution in [3.8, 4) is 11.4 Å². The highest BCUT2D eigenvalue weighted by Crippen LogP contribution is 2.38. The van der Waals surface area contributed by atoms with E-state index in [0.717, 1.165) is 48.2 Å². The molecule has 0 unspecified atom stereocenters. The molecule has 1 saturated carbocycles. The van der Waals surface area contributed by atoms with E-state index in [-0.39, 0.29) is 11.7 Å². The predicted octanol–water partition coefficient (Wildman–Crippen LogP) is 6.04. The maximum absolute atomic E-state index is 12.7. The second-order valence-corrected chi connectivity index (χ2v) is 10.0. The maximum Gasteiger partial charge on any atom is 0.234 e. The fourth-order valence-electron chi connectivity index (χ4n) is 4.75. The van der Waals surface area contributed by atoms with Crippen LogP contribution in [0, 0.1) is 0 Å². The molecule has 1 aliphatic carbocycles. The van der Waals surface area contributed by atoms with E-state index in [2.05, 4.69) is 37.1 Å². The molecular weight excluding hydrogens is 454 g/mol. The number of nitrogens with zero attached hydrogens (tertiary/aromatic N) is 4. The van der Waals surface area contributed by atoms with Gasteiger partial charge in [-0.1, -0.05) is 48.3 Å². The number of carbonyl (C=O) groups is 1. The molecule has 6 nitrogen and oxygen atoms in total. The van der Waals surface area contributed by atoms with Gasteiger partial charge < -0.3 is 10.2 Å². The van der Waals surface area contributed by atoms with Crippen LogP contribution < -0.4 is 10.2 Å². The number of thioether (sulfide) groups is 1. The van der Waals surface area contributed by atoms with Crippen LogP contribution in [0.3, 0.4) is 0 Å². The minimum Gasteiger partial charge on any atom is -0.372 e. The third kappa shape index (κ3) is 5.04. The molecule has 5 rings (SSSR count). The van der Waals surface area contributed by atoms with Crippen molar-refractivity contribution in [1.29, 1.82) is 0 Å². The van der Waals surface area contributed by atoms with E-state index in [1.54, 1.807) is 0 Å². The van der Waals surface area contributed by atoms with Crippen LogP contribution in [0.1, 0.15) is 44.6 Å². The van der Waals surface area contributed by atoms with E-state index in [1.165, 1.54) is 43.1 Å². The van der Waals surface area contributed by atoms with Gasteiger partial charge >= 0.3 is 0 Å². The second kappa shape index (κ2) is 10.2. The number of benzene rings is 2. The topological polar surface area (TPSA) is 63.1 Å². The molecule has 0 bridgehead atoms. The summed E-state index contributed by atoms with van der Waals surface area (Å²) in [5, 5.41) is 13.4. The quantitative estimate of drug-likeness (QED) is 0.416. The zero-order valence-corrected chi connectivity index (χ0v) is 20.1. The fourth-order valence-corrected chi connectivity index (χ4v) is 5.78. The molecule has 0 spiro atoms. The number of nitrogens with one attached hydrogen (secondary N) is 1. The van der Waals surface area contributed by atoms with E-state index in [0.29, 0.717) is 11.1 Å². The number of rotatable bonds is 7. The standard InChI is InChI=1S/C25H28ClN5OS/c26-22-10-4-3-9-21(22)24-28-29-25(31(24)20-7-1-2-8-20)33-17-23(32)27-18-11-13-19(14-12-18)30-15-5-6-16-30/h3-4,9-14,20H,1-2,5-8,15-17H2,(H,27,32). The molecule has 2 aliphatic rings. The van der Waals surface area contributed by atoms with Crippen molar-refractivity contribution in [3.05, 3.63) is 53.6 Å². The lowest BCUT2D eigenvalue weighted by molar-refractivity contribution is -0.113. The van der Waals surface area contributed by atoms with Crippen molar-refractivity contribution in [2.75, 3.05) is 29.1 Å². The maximum atomic E-state index is 12.7. The van der Waals surface area contributed by atoms with Gasteiger partial charge in [-0.25, -0.2) is 0 Å². The summed E-state index contributed by atoms with van der Waals surface area (Å²) < 4.78 is 2.19. The first-order valence-corrected chi connectivity index (χ1v) is 13.0. The molecule has 1 N–H and O–H groups in total. The molecule has 2 fully saturated rings. The number of hydrogen-bond acceptors (Lipinski definition) is 5. The van der Waals surface area contributed by atoms with E-state index in [1.807, 2.05) is 36.4 Å². The first-order valence-electron chi connectivity index (χ1n) is 11.7. The second-order valence-electron chi connectivity index (χ2n) is 8.67. The monoisotopic (exact) mass is 481 g/mol. The first-order chi connectivity index (χ1) is 16.2. The van der Waals surface area contributed by atoms with Gasteiger partial charge in [0.25, 0.3) is 0 Å². The molecular formula is C25H28ClN5OS. The summed E-state index contributed by atoms with van der Waals surface area (Å²) >= 11 is 7.89. The Morgan fingerprint density at radius 2 is 1.73 bits per heavy atom. The van der Waals surface area contributed by atoms with Gasteiger partial charge in [-0.05, 0) is 62.1 Å². The summed E-state index contributed by atoms with van der Waals surface area (Å²) in [6.07, 6.45) is 7.08. The van der Waals surface area contributed by atoms with Crippen LogP contribution in [0.15, 0.2) is 53.7 Å². The van der Waals surface area contributed by atoms with Crippen molar-refractivity contribution in [2.24, 2.45) is 0 Å².